The van der Waals surface area contributed by atoms with Gasteiger partial charge in [-0.15, -0.1) is 11.6 Å². The Morgan fingerprint density at radius 3 is 2.65 bits per heavy atom. The molecule has 1 aromatic carbocycles. The zero-order chi connectivity index (χ0) is 12.4. The molecule has 0 radical (unpaired) electrons. The smallest absolute Gasteiger partial charge is 0.193 e. The van der Waals surface area contributed by atoms with Gasteiger partial charge in [-0.2, -0.15) is 0 Å². The highest BCUT2D eigenvalue weighted by Crippen LogP contribution is 2.37. The molecule has 2 nitrogen and oxygen atoms in total. The molecule has 0 saturated heterocycles. The Balaban J connectivity index is 2.42. The number of rotatable bonds is 3. The molecule has 17 heavy (non-hydrogen) atoms. The summed E-state index contributed by atoms with van der Waals surface area (Å²) < 4.78 is 11.5. The number of halogens is 3. The van der Waals surface area contributed by atoms with E-state index < -0.39 is 5.38 Å². The molecule has 0 N–H and O–H groups in total. The molecule has 1 unspecified atom stereocenters. The number of methoxy groups -OCH3 is 1. The van der Waals surface area contributed by atoms with E-state index in [1.807, 2.05) is 18.2 Å². The van der Waals surface area contributed by atoms with Crippen LogP contribution in [0.15, 0.2) is 39.2 Å². The third-order valence-corrected chi connectivity index (χ3v) is 3.46. The number of hydrogen-bond acceptors (Lipinski definition) is 2. The van der Waals surface area contributed by atoms with Crippen LogP contribution in [-0.2, 0) is 0 Å². The van der Waals surface area contributed by atoms with E-state index in [1.165, 1.54) is 0 Å². The van der Waals surface area contributed by atoms with E-state index in [9.17, 15) is 0 Å². The van der Waals surface area contributed by atoms with Gasteiger partial charge in [0.2, 0.25) is 0 Å². The first kappa shape index (κ1) is 12.8. The fraction of sp³-hybridized carbons (Fsp3) is 0.167. The summed E-state index contributed by atoms with van der Waals surface area (Å²) in [4.78, 5) is 0. The first-order chi connectivity index (χ1) is 8.11. The molecule has 0 amide bonds. The van der Waals surface area contributed by atoms with Gasteiger partial charge in [-0.05, 0) is 41.9 Å². The molecular formula is C12H9BrCl2O2. The van der Waals surface area contributed by atoms with Crippen molar-refractivity contribution in [3.05, 3.63) is 51.3 Å². The van der Waals surface area contributed by atoms with E-state index >= 15 is 0 Å². The minimum Gasteiger partial charge on any atom is -0.496 e. The quantitative estimate of drug-likeness (QED) is 0.734. The standard InChI is InChI=1S/C12H9BrCl2O2/c1-16-9-3-2-7(13)6-8(9)12(15)10-4-5-11(14)17-10/h2-6,12H,1H3. The molecule has 5 heteroatoms. The van der Waals surface area contributed by atoms with Crippen LogP contribution in [0.5, 0.6) is 5.75 Å². The summed E-state index contributed by atoms with van der Waals surface area (Å²) in [5, 5.41) is -0.116. The predicted octanol–water partition coefficient (Wildman–Crippen LogP) is 5.03. The third kappa shape index (κ3) is 2.79. The van der Waals surface area contributed by atoms with Crippen LogP contribution in [0.1, 0.15) is 16.7 Å². The molecule has 90 valence electrons. The Morgan fingerprint density at radius 2 is 2.06 bits per heavy atom. The lowest BCUT2D eigenvalue weighted by Crippen LogP contribution is -1.96. The molecule has 0 saturated carbocycles. The van der Waals surface area contributed by atoms with E-state index in [0.717, 1.165) is 10.0 Å². The Labute approximate surface area is 118 Å². The van der Waals surface area contributed by atoms with Crippen molar-refractivity contribution in [2.24, 2.45) is 0 Å². The molecule has 0 spiro atoms. The van der Waals surface area contributed by atoms with E-state index in [1.54, 1.807) is 19.2 Å². The normalized spacial score (nSPS) is 12.5. The second-order valence-corrected chi connectivity index (χ2v) is 5.12. The molecule has 0 aliphatic heterocycles. The lowest BCUT2D eigenvalue weighted by Gasteiger charge is -2.12. The second kappa shape index (κ2) is 5.34. The van der Waals surface area contributed by atoms with Gasteiger partial charge >= 0.3 is 0 Å². The largest absolute Gasteiger partial charge is 0.496 e. The van der Waals surface area contributed by atoms with E-state index in [0.29, 0.717) is 16.7 Å². The summed E-state index contributed by atoms with van der Waals surface area (Å²) in [5.74, 6) is 1.30. The number of ether oxygens (including phenoxy) is 1. The molecule has 1 atom stereocenters. The van der Waals surface area contributed by atoms with Crippen LogP contribution in [0.3, 0.4) is 0 Å². The summed E-state index contributed by atoms with van der Waals surface area (Å²) in [6.45, 7) is 0. The first-order valence-electron chi connectivity index (χ1n) is 4.84. The maximum atomic E-state index is 6.35. The average Bonchev–Trinajstić information content (AvgIpc) is 2.75. The number of furan rings is 1. The van der Waals surface area contributed by atoms with Crippen LogP contribution >= 0.6 is 39.1 Å². The van der Waals surface area contributed by atoms with Gasteiger partial charge in [-0.3, -0.25) is 0 Å². The molecule has 0 aliphatic carbocycles. The Bertz CT molecular complexity index is 525. The SMILES string of the molecule is COc1ccc(Br)cc1C(Cl)c1ccc(Cl)o1. The van der Waals surface area contributed by atoms with Crippen LogP contribution in [0.2, 0.25) is 5.22 Å². The fourth-order valence-electron chi connectivity index (χ4n) is 1.52. The van der Waals surface area contributed by atoms with Gasteiger partial charge in [0.1, 0.15) is 16.9 Å². The summed E-state index contributed by atoms with van der Waals surface area (Å²) in [5.41, 5.74) is 0.828. The minimum absolute atomic E-state index is 0.319. The highest BCUT2D eigenvalue weighted by molar-refractivity contribution is 9.10. The molecule has 1 aromatic heterocycles. The van der Waals surface area contributed by atoms with Crippen LogP contribution < -0.4 is 4.74 Å². The number of alkyl halides is 1. The summed E-state index contributed by atoms with van der Waals surface area (Å²) in [7, 11) is 1.60. The van der Waals surface area contributed by atoms with Crippen LogP contribution in [0.4, 0.5) is 0 Å². The number of benzene rings is 1. The van der Waals surface area contributed by atoms with E-state index in [-0.39, 0.29) is 0 Å². The zero-order valence-corrected chi connectivity index (χ0v) is 12.0. The molecule has 2 aromatic rings. The maximum absolute atomic E-state index is 6.35. The van der Waals surface area contributed by atoms with Crippen molar-refractivity contribution in [3.63, 3.8) is 0 Å². The van der Waals surface area contributed by atoms with Crippen molar-refractivity contribution >= 4 is 39.1 Å². The van der Waals surface area contributed by atoms with Gasteiger partial charge in [-0.25, -0.2) is 0 Å². The van der Waals surface area contributed by atoms with Gasteiger partial charge in [0, 0.05) is 10.0 Å². The Kier molecular flexibility index (Phi) is 4.02. The van der Waals surface area contributed by atoms with Gasteiger partial charge in [0.05, 0.1) is 7.11 Å². The first-order valence-corrected chi connectivity index (χ1v) is 6.45. The van der Waals surface area contributed by atoms with Crippen molar-refractivity contribution in [3.8, 4) is 5.75 Å². The summed E-state index contributed by atoms with van der Waals surface area (Å²) in [6, 6.07) is 9.05. The fourth-order valence-corrected chi connectivity index (χ4v) is 2.34. The molecular weight excluding hydrogens is 327 g/mol. The van der Waals surface area contributed by atoms with Crippen molar-refractivity contribution in [1.82, 2.24) is 0 Å². The zero-order valence-electron chi connectivity index (χ0n) is 8.91. The van der Waals surface area contributed by atoms with Crippen molar-refractivity contribution in [1.29, 1.82) is 0 Å². The highest BCUT2D eigenvalue weighted by atomic mass is 79.9. The maximum Gasteiger partial charge on any atom is 0.193 e. The minimum atomic E-state index is -0.435. The second-order valence-electron chi connectivity index (χ2n) is 3.39. The molecule has 0 bridgehead atoms. The van der Waals surface area contributed by atoms with E-state index in [2.05, 4.69) is 15.9 Å². The summed E-state index contributed by atoms with van der Waals surface area (Å²) >= 11 is 15.5. The monoisotopic (exact) mass is 334 g/mol. The number of hydrogen-bond donors (Lipinski definition) is 0. The van der Waals surface area contributed by atoms with Crippen LogP contribution in [0.25, 0.3) is 0 Å². The lowest BCUT2D eigenvalue weighted by molar-refractivity contribution is 0.408. The van der Waals surface area contributed by atoms with Gasteiger partial charge < -0.3 is 9.15 Å². The Morgan fingerprint density at radius 1 is 1.29 bits per heavy atom. The average molecular weight is 336 g/mol. The van der Waals surface area contributed by atoms with Crippen LogP contribution in [0, 0.1) is 0 Å². The van der Waals surface area contributed by atoms with Crippen molar-refractivity contribution in [2.75, 3.05) is 7.11 Å². The third-order valence-electron chi connectivity index (χ3n) is 2.31. The highest BCUT2D eigenvalue weighted by Gasteiger charge is 2.19. The van der Waals surface area contributed by atoms with E-state index in [4.69, 9.17) is 32.4 Å². The summed E-state index contributed by atoms with van der Waals surface area (Å²) in [6.07, 6.45) is 0. The topological polar surface area (TPSA) is 22.4 Å². The molecule has 0 fully saturated rings. The van der Waals surface area contributed by atoms with Crippen LogP contribution in [-0.4, -0.2) is 7.11 Å². The Hall–Kier alpha value is -0.640. The molecule has 0 aliphatic rings. The predicted molar refractivity (Wildman–Crippen MR) is 72.1 cm³/mol. The van der Waals surface area contributed by atoms with Gasteiger partial charge in [0.15, 0.2) is 5.22 Å². The van der Waals surface area contributed by atoms with Crippen molar-refractivity contribution in [2.45, 2.75) is 5.38 Å². The van der Waals surface area contributed by atoms with Gasteiger partial charge in [0.25, 0.3) is 0 Å². The molecule has 2 rings (SSSR count). The molecule has 1 heterocycles. The van der Waals surface area contributed by atoms with Gasteiger partial charge in [-0.1, -0.05) is 15.9 Å². The van der Waals surface area contributed by atoms with Crippen molar-refractivity contribution < 1.29 is 9.15 Å². The lowest BCUT2D eigenvalue weighted by atomic mass is 10.1.